The van der Waals surface area contributed by atoms with E-state index in [9.17, 15) is 14.7 Å². The van der Waals surface area contributed by atoms with Crippen molar-refractivity contribution in [1.29, 1.82) is 0 Å². The van der Waals surface area contributed by atoms with E-state index in [-0.39, 0.29) is 18.3 Å². The molecule has 0 radical (unpaired) electrons. The van der Waals surface area contributed by atoms with Crippen molar-refractivity contribution in [2.24, 2.45) is 12.5 Å². The molecular formula is C20H22N2O4. The fraction of sp³-hybridized carbons (Fsp3) is 0.400. The van der Waals surface area contributed by atoms with Crippen LogP contribution in [-0.4, -0.2) is 46.0 Å². The third kappa shape index (κ3) is 2.52. The summed E-state index contributed by atoms with van der Waals surface area (Å²) < 4.78 is 7.74. The molecule has 3 heterocycles. The van der Waals surface area contributed by atoms with Gasteiger partial charge in [0.25, 0.3) is 0 Å². The molecule has 1 aromatic carbocycles. The number of carboxylic acid groups (broad SMARTS) is 1. The average molecular weight is 354 g/mol. The summed E-state index contributed by atoms with van der Waals surface area (Å²) in [4.78, 5) is 25.9. The van der Waals surface area contributed by atoms with Crippen molar-refractivity contribution in [1.82, 2.24) is 9.47 Å². The SMILES string of the molecule is CC(=O)c1cc(CN2CC3c4ccccc4OCC3(C(=O)O)C2)n(C)c1. The van der Waals surface area contributed by atoms with Gasteiger partial charge in [-0.3, -0.25) is 14.5 Å². The molecule has 0 aliphatic carbocycles. The summed E-state index contributed by atoms with van der Waals surface area (Å²) in [6, 6.07) is 9.60. The molecule has 1 fully saturated rings. The molecule has 1 N–H and O–H groups in total. The molecule has 0 spiro atoms. The van der Waals surface area contributed by atoms with Crippen molar-refractivity contribution < 1.29 is 19.4 Å². The van der Waals surface area contributed by atoms with Gasteiger partial charge in [-0.2, -0.15) is 0 Å². The van der Waals surface area contributed by atoms with Gasteiger partial charge in [-0.15, -0.1) is 0 Å². The van der Waals surface area contributed by atoms with Gasteiger partial charge in [0, 0.05) is 50.1 Å². The summed E-state index contributed by atoms with van der Waals surface area (Å²) in [6.07, 6.45) is 1.83. The molecule has 2 unspecified atom stereocenters. The molecule has 136 valence electrons. The van der Waals surface area contributed by atoms with Crippen LogP contribution in [0.3, 0.4) is 0 Å². The molecular weight excluding hydrogens is 332 g/mol. The Labute approximate surface area is 152 Å². The van der Waals surface area contributed by atoms with Gasteiger partial charge in [-0.1, -0.05) is 18.2 Å². The molecule has 0 bridgehead atoms. The Balaban J connectivity index is 1.64. The minimum atomic E-state index is -0.928. The zero-order valence-electron chi connectivity index (χ0n) is 14.9. The number of carbonyl (C=O) groups is 2. The van der Waals surface area contributed by atoms with E-state index in [2.05, 4.69) is 4.90 Å². The van der Waals surface area contributed by atoms with Crippen molar-refractivity contribution in [2.75, 3.05) is 19.7 Å². The Morgan fingerprint density at radius 1 is 1.35 bits per heavy atom. The molecule has 6 heteroatoms. The number of carboxylic acids is 1. The van der Waals surface area contributed by atoms with E-state index < -0.39 is 11.4 Å². The second kappa shape index (κ2) is 5.99. The zero-order valence-corrected chi connectivity index (χ0v) is 14.9. The third-order valence-corrected chi connectivity index (χ3v) is 5.72. The molecule has 4 rings (SSSR count). The number of likely N-dealkylation sites (tertiary alicyclic amines) is 1. The Kier molecular flexibility index (Phi) is 3.88. The lowest BCUT2D eigenvalue weighted by Crippen LogP contribution is -2.45. The summed E-state index contributed by atoms with van der Waals surface area (Å²) in [5.41, 5.74) is 1.73. The Hall–Kier alpha value is -2.60. The fourth-order valence-electron chi connectivity index (χ4n) is 4.24. The highest BCUT2D eigenvalue weighted by molar-refractivity contribution is 5.94. The molecule has 2 aromatic rings. The van der Waals surface area contributed by atoms with Gasteiger partial charge in [-0.05, 0) is 24.6 Å². The van der Waals surface area contributed by atoms with Gasteiger partial charge in [0.2, 0.25) is 0 Å². The van der Waals surface area contributed by atoms with Gasteiger partial charge in [0.05, 0.1) is 0 Å². The molecule has 6 nitrogen and oxygen atoms in total. The minimum absolute atomic E-state index is 0.0336. The van der Waals surface area contributed by atoms with Crippen LogP contribution in [0.15, 0.2) is 36.5 Å². The van der Waals surface area contributed by atoms with Crippen LogP contribution in [0.5, 0.6) is 5.75 Å². The number of hydrogen-bond acceptors (Lipinski definition) is 4. The van der Waals surface area contributed by atoms with E-state index in [4.69, 9.17) is 4.74 Å². The van der Waals surface area contributed by atoms with E-state index in [1.165, 1.54) is 0 Å². The number of rotatable bonds is 4. The number of benzene rings is 1. The van der Waals surface area contributed by atoms with Crippen molar-refractivity contribution in [2.45, 2.75) is 19.4 Å². The first kappa shape index (κ1) is 16.8. The van der Waals surface area contributed by atoms with Crippen LogP contribution in [0, 0.1) is 5.41 Å². The van der Waals surface area contributed by atoms with Crippen molar-refractivity contribution in [3.05, 3.63) is 53.3 Å². The minimum Gasteiger partial charge on any atom is -0.492 e. The number of ketones is 1. The average Bonchev–Trinajstić information content (AvgIpc) is 3.17. The second-order valence-corrected chi connectivity index (χ2v) is 7.40. The first-order valence-electron chi connectivity index (χ1n) is 8.74. The van der Waals surface area contributed by atoms with Crippen LogP contribution in [-0.2, 0) is 18.4 Å². The maximum Gasteiger partial charge on any atom is 0.315 e. The second-order valence-electron chi connectivity index (χ2n) is 7.40. The first-order valence-corrected chi connectivity index (χ1v) is 8.74. The van der Waals surface area contributed by atoms with Gasteiger partial charge >= 0.3 is 5.97 Å². The van der Waals surface area contributed by atoms with E-state index in [0.29, 0.717) is 25.2 Å². The summed E-state index contributed by atoms with van der Waals surface area (Å²) in [6.45, 7) is 3.44. The van der Waals surface area contributed by atoms with Crippen LogP contribution in [0.4, 0.5) is 0 Å². The van der Waals surface area contributed by atoms with E-state index in [0.717, 1.165) is 17.0 Å². The summed E-state index contributed by atoms with van der Waals surface area (Å²) in [7, 11) is 1.91. The molecule has 1 saturated heterocycles. The number of ether oxygens (including phenoxy) is 1. The molecule has 1 aromatic heterocycles. The van der Waals surface area contributed by atoms with Crippen LogP contribution in [0.25, 0.3) is 0 Å². The molecule has 2 aliphatic heterocycles. The summed E-state index contributed by atoms with van der Waals surface area (Å²) in [5, 5.41) is 9.98. The predicted molar refractivity (Wildman–Crippen MR) is 95.4 cm³/mol. The van der Waals surface area contributed by atoms with Crippen LogP contribution >= 0.6 is 0 Å². The fourth-order valence-corrected chi connectivity index (χ4v) is 4.24. The predicted octanol–water partition coefficient (Wildman–Crippen LogP) is 2.29. The van der Waals surface area contributed by atoms with Crippen LogP contribution in [0.2, 0.25) is 0 Å². The summed E-state index contributed by atoms with van der Waals surface area (Å²) >= 11 is 0. The molecule has 2 atom stereocenters. The number of para-hydroxylation sites is 1. The van der Waals surface area contributed by atoms with Gasteiger partial charge in [-0.25, -0.2) is 0 Å². The van der Waals surface area contributed by atoms with Crippen molar-refractivity contribution in [3.8, 4) is 5.75 Å². The highest BCUT2D eigenvalue weighted by Gasteiger charge is 2.56. The highest BCUT2D eigenvalue weighted by atomic mass is 16.5. The highest BCUT2D eigenvalue weighted by Crippen LogP contribution is 2.49. The number of hydrogen-bond donors (Lipinski definition) is 1. The van der Waals surface area contributed by atoms with Crippen molar-refractivity contribution >= 4 is 11.8 Å². The lowest BCUT2D eigenvalue weighted by molar-refractivity contribution is -0.151. The normalized spacial score (nSPS) is 24.6. The topological polar surface area (TPSA) is 71.8 Å². The number of Topliss-reactive ketones (excluding diaryl/α,β-unsaturated/α-hetero) is 1. The molecule has 0 saturated carbocycles. The smallest absolute Gasteiger partial charge is 0.315 e. The molecule has 2 aliphatic rings. The number of carbonyl (C=O) groups excluding carboxylic acids is 1. The number of nitrogens with zero attached hydrogens (tertiary/aromatic N) is 2. The van der Waals surface area contributed by atoms with Crippen LogP contribution in [0.1, 0.15) is 34.5 Å². The van der Waals surface area contributed by atoms with Gasteiger partial charge < -0.3 is 14.4 Å². The number of aliphatic carboxylic acids is 1. The monoisotopic (exact) mass is 354 g/mol. The molecule has 0 amide bonds. The van der Waals surface area contributed by atoms with Crippen molar-refractivity contribution in [3.63, 3.8) is 0 Å². The lowest BCUT2D eigenvalue weighted by atomic mass is 9.73. The zero-order chi connectivity index (χ0) is 18.5. The third-order valence-electron chi connectivity index (χ3n) is 5.72. The standard InChI is InChI=1S/C20H22N2O4/c1-13(23)14-7-15(21(2)8-14)9-22-10-17-16-5-3-4-6-18(16)26-12-20(17,11-22)19(24)25/h3-8,17H,9-12H2,1-2H3,(H,24,25). The molecule has 26 heavy (non-hydrogen) atoms. The largest absolute Gasteiger partial charge is 0.492 e. The Morgan fingerprint density at radius 3 is 2.81 bits per heavy atom. The van der Waals surface area contributed by atoms with Crippen LogP contribution < -0.4 is 4.74 Å². The number of aryl methyl sites for hydroxylation is 1. The van der Waals surface area contributed by atoms with Gasteiger partial charge in [0.15, 0.2) is 5.78 Å². The Morgan fingerprint density at radius 2 is 2.12 bits per heavy atom. The van der Waals surface area contributed by atoms with Gasteiger partial charge in [0.1, 0.15) is 17.8 Å². The lowest BCUT2D eigenvalue weighted by Gasteiger charge is -2.35. The maximum absolute atomic E-state index is 12.2. The number of fused-ring (bicyclic) bond motifs is 3. The first-order chi connectivity index (χ1) is 12.4. The summed E-state index contributed by atoms with van der Waals surface area (Å²) in [5.74, 6) is -0.0893. The maximum atomic E-state index is 12.2. The Bertz CT molecular complexity index is 888. The quantitative estimate of drug-likeness (QED) is 0.853. The van der Waals surface area contributed by atoms with E-state index >= 15 is 0 Å². The number of aromatic nitrogens is 1. The van der Waals surface area contributed by atoms with E-state index in [1.807, 2.05) is 48.1 Å². The van der Waals surface area contributed by atoms with E-state index in [1.54, 1.807) is 6.92 Å².